The highest BCUT2D eigenvalue weighted by molar-refractivity contribution is 6.23. The molecule has 5 heteroatoms. The van der Waals surface area contributed by atoms with Gasteiger partial charge >= 0.3 is 0 Å². The number of benzene rings is 2. The molecule has 4 heterocycles. The predicted molar refractivity (Wildman–Crippen MR) is 111 cm³/mol. The molecule has 2 aromatic carbocycles. The van der Waals surface area contributed by atoms with E-state index in [9.17, 15) is 4.79 Å². The van der Waals surface area contributed by atoms with E-state index in [1.807, 2.05) is 60.7 Å². The van der Waals surface area contributed by atoms with Gasteiger partial charge in [0.05, 0.1) is 11.0 Å². The van der Waals surface area contributed by atoms with Gasteiger partial charge in [-0.3, -0.25) is 14.8 Å². The van der Waals surface area contributed by atoms with Crippen LogP contribution in [0, 0.1) is 0 Å². The Morgan fingerprint density at radius 3 is 1.57 bits per heavy atom. The number of aromatic amines is 2. The second kappa shape index (κ2) is 5.50. The van der Waals surface area contributed by atoms with E-state index in [2.05, 4.69) is 19.9 Å². The number of aromatic nitrogens is 4. The Balaban J connectivity index is 1.63. The second-order valence-corrected chi connectivity index (χ2v) is 6.83. The molecule has 6 aromatic rings. The molecule has 0 saturated heterocycles. The smallest absolute Gasteiger partial charge is 0.233 e. The zero-order valence-electron chi connectivity index (χ0n) is 14.7. The molecule has 0 spiro atoms. The molecule has 5 nitrogen and oxygen atoms in total. The van der Waals surface area contributed by atoms with Crippen LogP contribution in [0.4, 0.5) is 0 Å². The summed E-state index contributed by atoms with van der Waals surface area (Å²) in [5.41, 5.74) is 4.21. The maximum Gasteiger partial charge on any atom is 0.233 e. The number of carbonyl (C=O) groups is 1. The molecule has 0 fully saturated rings. The highest BCUT2D eigenvalue weighted by atomic mass is 16.1. The molecule has 2 N–H and O–H groups in total. The predicted octanol–water partition coefficient (Wildman–Crippen LogP) is 4.98. The first-order valence-electron chi connectivity index (χ1n) is 9.07. The molecule has 0 radical (unpaired) electrons. The largest absolute Gasteiger partial charge is 0.353 e. The Kier molecular flexibility index (Phi) is 2.97. The average molecular weight is 362 g/mol. The average Bonchev–Trinajstić information content (AvgIpc) is 3.31. The molecular weight excluding hydrogens is 348 g/mol. The van der Waals surface area contributed by atoms with Gasteiger partial charge in [-0.2, -0.15) is 0 Å². The van der Waals surface area contributed by atoms with Gasteiger partial charge in [0.15, 0.2) is 0 Å². The molecule has 0 amide bonds. The topological polar surface area (TPSA) is 74.4 Å². The van der Waals surface area contributed by atoms with Crippen LogP contribution in [0.15, 0.2) is 73.1 Å². The first-order valence-corrected chi connectivity index (χ1v) is 9.07. The zero-order valence-corrected chi connectivity index (χ0v) is 14.7. The summed E-state index contributed by atoms with van der Waals surface area (Å²) in [5, 5.41) is 4.12. The second-order valence-electron chi connectivity index (χ2n) is 6.83. The summed E-state index contributed by atoms with van der Waals surface area (Å²) in [4.78, 5) is 29.0. The van der Waals surface area contributed by atoms with Crippen LogP contribution in [0.3, 0.4) is 0 Å². The number of hydrogen-bond acceptors (Lipinski definition) is 3. The molecule has 6 rings (SSSR count). The van der Waals surface area contributed by atoms with Crippen molar-refractivity contribution in [2.45, 2.75) is 0 Å². The number of rotatable bonds is 2. The Morgan fingerprint density at radius 1 is 0.607 bits per heavy atom. The van der Waals surface area contributed by atoms with E-state index in [0.717, 1.165) is 43.6 Å². The van der Waals surface area contributed by atoms with Crippen molar-refractivity contribution in [2.75, 3.05) is 0 Å². The molecule has 132 valence electrons. The van der Waals surface area contributed by atoms with Gasteiger partial charge in [0.2, 0.25) is 5.78 Å². The molecular formula is C23H14N4O. The van der Waals surface area contributed by atoms with E-state index in [0.29, 0.717) is 11.4 Å². The third-order valence-corrected chi connectivity index (χ3v) is 5.29. The summed E-state index contributed by atoms with van der Waals surface area (Å²) < 4.78 is 0. The van der Waals surface area contributed by atoms with Crippen molar-refractivity contribution < 1.29 is 4.79 Å². The van der Waals surface area contributed by atoms with Crippen molar-refractivity contribution in [1.29, 1.82) is 0 Å². The van der Waals surface area contributed by atoms with Crippen LogP contribution < -0.4 is 0 Å². The van der Waals surface area contributed by atoms with Gasteiger partial charge in [0.25, 0.3) is 0 Å². The van der Waals surface area contributed by atoms with E-state index in [4.69, 9.17) is 0 Å². The van der Waals surface area contributed by atoms with Crippen molar-refractivity contribution in [2.24, 2.45) is 0 Å². The van der Waals surface area contributed by atoms with Crippen LogP contribution in [-0.4, -0.2) is 25.7 Å². The lowest BCUT2D eigenvalue weighted by Gasteiger charge is -2.03. The van der Waals surface area contributed by atoms with Crippen molar-refractivity contribution >= 4 is 49.4 Å². The minimum atomic E-state index is -0.200. The van der Waals surface area contributed by atoms with Crippen molar-refractivity contribution in [1.82, 2.24) is 19.9 Å². The van der Waals surface area contributed by atoms with Gasteiger partial charge in [-0.25, -0.2) is 0 Å². The van der Waals surface area contributed by atoms with E-state index in [-0.39, 0.29) is 5.78 Å². The summed E-state index contributed by atoms with van der Waals surface area (Å²) in [7, 11) is 0. The van der Waals surface area contributed by atoms with E-state index >= 15 is 0 Å². The van der Waals surface area contributed by atoms with E-state index in [1.165, 1.54) is 0 Å². The van der Waals surface area contributed by atoms with E-state index in [1.54, 1.807) is 12.4 Å². The number of fused-ring (bicyclic) bond motifs is 6. The number of pyridine rings is 2. The van der Waals surface area contributed by atoms with Gasteiger partial charge in [-0.15, -0.1) is 0 Å². The summed E-state index contributed by atoms with van der Waals surface area (Å²) in [6.45, 7) is 0. The molecule has 0 aliphatic rings. The highest BCUT2D eigenvalue weighted by Gasteiger charge is 2.21. The monoisotopic (exact) mass is 362 g/mol. The molecule has 0 saturated carbocycles. The molecule has 0 bridgehead atoms. The maximum atomic E-state index is 13.5. The van der Waals surface area contributed by atoms with Crippen molar-refractivity contribution in [3.05, 3.63) is 84.4 Å². The normalized spacial score (nSPS) is 11.7. The maximum absolute atomic E-state index is 13.5. The molecule has 0 unspecified atom stereocenters. The quantitative estimate of drug-likeness (QED) is 0.427. The van der Waals surface area contributed by atoms with Crippen LogP contribution in [0.1, 0.15) is 16.2 Å². The van der Waals surface area contributed by atoms with Crippen LogP contribution in [0.5, 0.6) is 0 Å². The Morgan fingerprint density at radius 2 is 1.07 bits per heavy atom. The molecule has 4 aromatic heterocycles. The minimum absolute atomic E-state index is 0.200. The van der Waals surface area contributed by atoms with E-state index < -0.39 is 0 Å². The number of H-pyrrole nitrogens is 2. The first-order chi connectivity index (χ1) is 13.8. The summed E-state index contributed by atoms with van der Waals surface area (Å²) in [6.07, 6.45) is 3.36. The fraction of sp³-hybridized carbons (Fsp3) is 0. The van der Waals surface area contributed by atoms with Crippen LogP contribution in [0.2, 0.25) is 0 Å². The summed E-state index contributed by atoms with van der Waals surface area (Å²) in [5.74, 6) is -0.200. The molecule has 0 atom stereocenters. The van der Waals surface area contributed by atoms with Gasteiger partial charge in [0, 0.05) is 45.0 Å². The van der Waals surface area contributed by atoms with Crippen molar-refractivity contribution in [3.63, 3.8) is 0 Å². The van der Waals surface area contributed by atoms with Gasteiger partial charge in [-0.05, 0) is 24.3 Å². The molecule has 0 aliphatic heterocycles. The first kappa shape index (κ1) is 15.1. The number of hydrogen-bond donors (Lipinski definition) is 2. The SMILES string of the molecule is O=C(c1nccc2c1[nH]c1ccccc12)c1nccc2c1[nH]c1ccccc12. The molecule has 28 heavy (non-hydrogen) atoms. The van der Waals surface area contributed by atoms with Gasteiger partial charge < -0.3 is 9.97 Å². The Bertz CT molecular complexity index is 1420. The van der Waals surface area contributed by atoms with Crippen LogP contribution in [0.25, 0.3) is 43.6 Å². The lowest BCUT2D eigenvalue weighted by molar-refractivity contribution is 0.103. The summed E-state index contributed by atoms with van der Waals surface area (Å²) in [6, 6.07) is 19.9. The zero-order chi connectivity index (χ0) is 18.7. The molecule has 0 aliphatic carbocycles. The number of carbonyl (C=O) groups excluding carboxylic acids is 1. The standard InChI is InChI=1S/C23H14N4O/c28-23(21-19-15(9-11-24-21)13-5-1-3-7-17(13)26-19)22-20-16(10-12-25-22)14-6-2-4-8-18(14)27-20/h1-12,26-27H. The highest BCUT2D eigenvalue weighted by Crippen LogP contribution is 2.30. The third-order valence-electron chi connectivity index (χ3n) is 5.29. The van der Waals surface area contributed by atoms with Crippen LogP contribution >= 0.6 is 0 Å². The minimum Gasteiger partial charge on any atom is -0.353 e. The lowest BCUT2D eigenvalue weighted by Crippen LogP contribution is -2.08. The fourth-order valence-electron chi connectivity index (χ4n) is 4.01. The Labute approximate surface area is 159 Å². The lowest BCUT2D eigenvalue weighted by atomic mass is 10.1. The van der Waals surface area contributed by atoms with Gasteiger partial charge in [0.1, 0.15) is 11.4 Å². The van der Waals surface area contributed by atoms with Crippen LogP contribution in [-0.2, 0) is 0 Å². The number of nitrogens with zero attached hydrogens (tertiary/aromatic N) is 2. The third kappa shape index (κ3) is 1.98. The number of ketones is 1. The number of para-hydroxylation sites is 2. The summed E-state index contributed by atoms with van der Waals surface area (Å²) >= 11 is 0. The Hall–Kier alpha value is -3.99. The van der Waals surface area contributed by atoms with Gasteiger partial charge in [-0.1, -0.05) is 36.4 Å². The van der Waals surface area contributed by atoms with Crippen molar-refractivity contribution in [3.8, 4) is 0 Å². The fourth-order valence-corrected chi connectivity index (χ4v) is 4.01. The number of nitrogens with one attached hydrogen (secondary N) is 2.